The molecule has 1 rings (SSSR count). The maximum absolute atomic E-state index is 12.3. The van der Waals surface area contributed by atoms with Crippen LogP contribution in [0.2, 0.25) is 0 Å². The summed E-state index contributed by atoms with van der Waals surface area (Å²) in [6.07, 6.45) is 4.78. The highest BCUT2D eigenvalue weighted by Gasteiger charge is 2.37. The molecule has 22 heavy (non-hydrogen) atoms. The van der Waals surface area contributed by atoms with Crippen LogP contribution in [0, 0.1) is 23.2 Å². The van der Waals surface area contributed by atoms with Gasteiger partial charge in [0, 0.05) is 0 Å². The zero-order chi connectivity index (χ0) is 16.9. The predicted octanol–water partition coefficient (Wildman–Crippen LogP) is 4.27. The quantitative estimate of drug-likeness (QED) is 0.744. The Morgan fingerprint density at radius 1 is 1.14 bits per heavy atom. The standard InChI is InChI=1S/C18H32O4/c1-12(11-18(3,4)5)10-13(2)22-17(21)15-9-7-6-8-14(15)16(19)20/h12-15H,6-11H2,1-5H3,(H,19,20). The smallest absolute Gasteiger partial charge is 0.310 e. The number of carbonyl (C=O) groups excluding carboxylic acids is 1. The molecule has 4 nitrogen and oxygen atoms in total. The summed E-state index contributed by atoms with van der Waals surface area (Å²) in [6.45, 7) is 10.7. The molecule has 128 valence electrons. The van der Waals surface area contributed by atoms with E-state index < -0.39 is 17.8 Å². The summed E-state index contributed by atoms with van der Waals surface area (Å²) in [5, 5.41) is 9.26. The second-order valence-electron chi connectivity index (χ2n) is 8.19. The van der Waals surface area contributed by atoms with E-state index in [1.807, 2.05) is 6.92 Å². The van der Waals surface area contributed by atoms with Gasteiger partial charge < -0.3 is 9.84 Å². The number of ether oxygens (including phenoxy) is 1. The molecule has 0 saturated heterocycles. The third kappa shape index (κ3) is 6.37. The second-order valence-corrected chi connectivity index (χ2v) is 8.19. The molecule has 0 spiro atoms. The summed E-state index contributed by atoms with van der Waals surface area (Å²) >= 11 is 0. The lowest BCUT2D eigenvalue weighted by molar-refractivity contribution is -0.163. The van der Waals surface area contributed by atoms with Gasteiger partial charge in [-0.2, -0.15) is 0 Å². The van der Waals surface area contributed by atoms with Crippen molar-refractivity contribution in [3.8, 4) is 0 Å². The van der Waals surface area contributed by atoms with Gasteiger partial charge in [-0.1, -0.05) is 40.5 Å². The Bertz CT molecular complexity index is 383. The summed E-state index contributed by atoms with van der Waals surface area (Å²) in [5.41, 5.74) is 0.265. The van der Waals surface area contributed by atoms with Crippen LogP contribution in [0.25, 0.3) is 0 Å². The number of esters is 1. The molecule has 0 aromatic carbocycles. The average molecular weight is 312 g/mol. The zero-order valence-electron chi connectivity index (χ0n) is 14.7. The Morgan fingerprint density at radius 2 is 1.68 bits per heavy atom. The van der Waals surface area contributed by atoms with Crippen molar-refractivity contribution in [3.05, 3.63) is 0 Å². The molecule has 0 heterocycles. The van der Waals surface area contributed by atoms with Crippen molar-refractivity contribution in [2.75, 3.05) is 0 Å². The molecule has 1 fully saturated rings. The Morgan fingerprint density at radius 3 is 2.18 bits per heavy atom. The molecule has 4 atom stereocenters. The number of aliphatic carboxylic acids is 1. The van der Waals surface area contributed by atoms with Crippen molar-refractivity contribution in [2.45, 2.75) is 79.2 Å². The average Bonchev–Trinajstić information content (AvgIpc) is 2.35. The van der Waals surface area contributed by atoms with Crippen molar-refractivity contribution in [2.24, 2.45) is 23.2 Å². The van der Waals surface area contributed by atoms with Crippen LogP contribution in [0.5, 0.6) is 0 Å². The highest BCUT2D eigenvalue weighted by atomic mass is 16.5. The van der Waals surface area contributed by atoms with Gasteiger partial charge in [-0.25, -0.2) is 0 Å². The van der Waals surface area contributed by atoms with Crippen LogP contribution in [0.4, 0.5) is 0 Å². The summed E-state index contributed by atoms with van der Waals surface area (Å²) < 4.78 is 5.55. The summed E-state index contributed by atoms with van der Waals surface area (Å²) in [5.74, 6) is -1.74. The zero-order valence-corrected chi connectivity index (χ0v) is 14.7. The van der Waals surface area contributed by atoms with Gasteiger partial charge >= 0.3 is 11.9 Å². The largest absolute Gasteiger partial charge is 0.481 e. The van der Waals surface area contributed by atoms with Crippen LogP contribution in [-0.2, 0) is 14.3 Å². The number of carbonyl (C=O) groups is 2. The molecule has 0 bridgehead atoms. The molecule has 1 aliphatic rings. The van der Waals surface area contributed by atoms with Gasteiger partial charge in [-0.15, -0.1) is 0 Å². The number of rotatable bonds is 6. The highest BCUT2D eigenvalue weighted by molar-refractivity contribution is 5.81. The number of carboxylic acids is 1. The summed E-state index contributed by atoms with van der Waals surface area (Å²) in [4.78, 5) is 23.6. The maximum atomic E-state index is 12.3. The van der Waals surface area contributed by atoms with Crippen LogP contribution >= 0.6 is 0 Å². The maximum Gasteiger partial charge on any atom is 0.310 e. The molecule has 0 aromatic heterocycles. The first-order chi connectivity index (χ1) is 10.1. The fourth-order valence-electron chi connectivity index (χ4n) is 3.74. The lowest BCUT2D eigenvalue weighted by atomic mass is 9.79. The number of carboxylic acid groups (broad SMARTS) is 1. The van der Waals surface area contributed by atoms with Crippen LogP contribution in [0.1, 0.15) is 73.1 Å². The van der Waals surface area contributed by atoms with E-state index in [4.69, 9.17) is 4.74 Å². The number of hydrogen-bond donors (Lipinski definition) is 1. The molecule has 0 aliphatic heterocycles. The van der Waals surface area contributed by atoms with Crippen molar-refractivity contribution in [1.82, 2.24) is 0 Å². The molecule has 1 aliphatic carbocycles. The van der Waals surface area contributed by atoms with E-state index in [2.05, 4.69) is 27.7 Å². The highest BCUT2D eigenvalue weighted by Crippen LogP contribution is 2.32. The predicted molar refractivity (Wildman–Crippen MR) is 86.5 cm³/mol. The van der Waals surface area contributed by atoms with Gasteiger partial charge in [0.25, 0.3) is 0 Å². The van der Waals surface area contributed by atoms with E-state index in [9.17, 15) is 14.7 Å². The molecule has 0 aromatic rings. The van der Waals surface area contributed by atoms with Crippen LogP contribution < -0.4 is 0 Å². The van der Waals surface area contributed by atoms with Crippen molar-refractivity contribution >= 4 is 11.9 Å². The first-order valence-electron chi connectivity index (χ1n) is 8.53. The Labute approximate surface area is 134 Å². The monoisotopic (exact) mass is 312 g/mol. The lowest BCUT2D eigenvalue weighted by Gasteiger charge is -2.29. The normalized spacial score (nSPS) is 25.3. The SMILES string of the molecule is CC(CC(C)OC(=O)C1CCCCC1C(=O)O)CC(C)(C)C. The van der Waals surface area contributed by atoms with Crippen LogP contribution in [0.15, 0.2) is 0 Å². The van der Waals surface area contributed by atoms with E-state index in [0.29, 0.717) is 18.8 Å². The third-order valence-electron chi connectivity index (χ3n) is 4.40. The van der Waals surface area contributed by atoms with Gasteiger partial charge in [0.05, 0.1) is 17.9 Å². The van der Waals surface area contributed by atoms with Crippen LogP contribution in [0.3, 0.4) is 0 Å². The van der Waals surface area contributed by atoms with Crippen molar-refractivity contribution in [3.63, 3.8) is 0 Å². The molecule has 1 N–H and O–H groups in total. The first kappa shape index (κ1) is 19.0. The fourth-order valence-corrected chi connectivity index (χ4v) is 3.74. The van der Waals surface area contributed by atoms with Crippen molar-refractivity contribution < 1.29 is 19.4 Å². The minimum absolute atomic E-state index is 0.152. The minimum atomic E-state index is -0.865. The first-order valence-corrected chi connectivity index (χ1v) is 8.53. The van der Waals surface area contributed by atoms with Crippen LogP contribution in [-0.4, -0.2) is 23.1 Å². The van der Waals surface area contributed by atoms with Gasteiger partial charge in [-0.05, 0) is 43.9 Å². The van der Waals surface area contributed by atoms with Gasteiger partial charge in [0.15, 0.2) is 0 Å². The minimum Gasteiger partial charge on any atom is -0.481 e. The molecule has 0 radical (unpaired) electrons. The molecular weight excluding hydrogens is 280 g/mol. The molecule has 1 saturated carbocycles. The number of hydrogen-bond acceptors (Lipinski definition) is 3. The lowest BCUT2D eigenvalue weighted by Crippen LogP contribution is -2.35. The van der Waals surface area contributed by atoms with E-state index >= 15 is 0 Å². The third-order valence-corrected chi connectivity index (χ3v) is 4.40. The Kier molecular flexibility index (Phi) is 6.89. The topological polar surface area (TPSA) is 63.6 Å². The Balaban J connectivity index is 2.50. The van der Waals surface area contributed by atoms with E-state index in [0.717, 1.165) is 25.7 Å². The van der Waals surface area contributed by atoms with Gasteiger partial charge in [0.2, 0.25) is 0 Å². The summed E-state index contributed by atoms with van der Waals surface area (Å²) in [6, 6.07) is 0. The van der Waals surface area contributed by atoms with Gasteiger partial charge in [-0.3, -0.25) is 9.59 Å². The second kappa shape index (κ2) is 7.98. The van der Waals surface area contributed by atoms with E-state index in [-0.39, 0.29) is 17.5 Å². The van der Waals surface area contributed by atoms with Crippen molar-refractivity contribution in [1.29, 1.82) is 0 Å². The van der Waals surface area contributed by atoms with Gasteiger partial charge in [0.1, 0.15) is 0 Å². The molecule has 4 unspecified atom stereocenters. The van der Waals surface area contributed by atoms with E-state index in [1.165, 1.54) is 0 Å². The Hall–Kier alpha value is -1.06. The fraction of sp³-hybridized carbons (Fsp3) is 0.889. The van der Waals surface area contributed by atoms with E-state index in [1.54, 1.807) is 0 Å². The molecule has 4 heteroatoms. The summed E-state index contributed by atoms with van der Waals surface area (Å²) in [7, 11) is 0. The molecule has 0 amide bonds. The molecular formula is C18H32O4.